The Morgan fingerprint density at radius 2 is 1.94 bits per heavy atom. The van der Waals surface area contributed by atoms with E-state index < -0.39 is 30.3 Å². The first-order valence-corrected chi connectivity index (χ1v) is 11.1. The highest BCUT2D eigenvalue weighted by Gasteiger charge is 2.59. The molecular weight excluding hydrogens is 477 g/mol. The van der Waals surface area contributed by atoms with Crippen molar-refractivity contribution >= 4 is 11.9 Å². The largest absolute Gasteiger partial charge is 0.495 e. The molecule has 188 valence electrons. The van der Waals surface area contributed by atoms with Gasteiger partial charge in [0.1, 0.15) is 24.2 Å². The lowest BCUT2D eigenvalue weighted by molar-refractivity contribution is -0.256. The molecule has 8 nitrogen and oxygen atoms in total. The van der Waals surface area contributed by atoms with E-state index in [0.29, 0.717) is 17.0 Å². The van der Waals surface area contributed by atoms with E-state index in [1.165, 1.54) is 32.2 Å². The second kappa shape index (κ2) is 8.59. The molecule has 5 rings (SSSR count). The summed E-state index contributed by atoms with van der Waals surface area (Å²) in [5.41, 5.74) is 0.497. The molecule has 1 fully saturated rings. The molecule has 3 aromatic rings. The second-order valence-electron chi connectivity index (χ2n) is 8.57. The fraction of sp³-hybridized carbons (Fsp3) is 0.280. The molecule has 2 aliphatic rings. The van der Waals surface area contributed by atoms with Gasteiger partial charge >= 0.3 is 6.11 Å². The third kappa shape index (κ3) is 3.95. The van der Waals surface area contributed by atoms with Gasteiger partial charge in [0.15, 0.2) is 5.76 Å². The number of nitrogens with zero attached hydrogens (tertiary/aromatic N) is 4. The van der Waals surface area contributed by atoms with Gasteiger partial charge in [-0.15, -0.1) is 0 Å². The molecule has 0 spiro atoms. The molecule has 1 unspecified atom stereocenters. The molecule has 1 saturated heterocycles. The number of imidazole rings is 1. The van der Waals surface area contributed by atoms with Crippen LogP contribution in [-0.2, 0) is 15.3 Å². The molecule has 2 aromatic carbocycles. The van der Waals surface area contributed by atoms with Crippen LogP contribution in [0, 0.1) is 12.7 Å². The Morgan fingerprint density at radius 1 is 1.19 bits per heavy atom. The summed E-state index contributed by atoms with van der Waals surface area (Å²) < 4.78 is 55.5. The molecule has 1 aromatic heterocycles. The van der Waals surface area contributed by atoms with Gasteiger partial charge in [-0.1, -0.05) is 11.2 Å². The van der Waals surface area contributed by atoms with Crippen LogP contribution in [0.2, 0.25) is 0 Å². The van der Waals surface area contributed by atoms with E-state index >= 15 is 0 Å². The molecule has 1 N–H and O–H groups in total. The minimum Gasteiger partial charge on any atom is -0.495 e. The second-order valence-corrected chi connectivity index (χ2v) is 8.57. The highest BCUT2D eigenvalue weighted by molar-refractivity contribution is 6.02. The summed E-state index contributed by atoms with van der Waals surface area (Å²) in [6.07, 6.45) is -0.0802. The molecule has 36 heavy (non-hydrogen) atoms. The Morgan fingerprint density at radius 3 is 2.58 bits per heavy atom. The molecule has 3 heterocycles. The van der Waals surface area contributed by atoms with E-state index in [0.717, 1.165) is 22.7 Å². The predicted octanol–water partition coefficient (Wildman–Crippen LogP) is 4.17. The lowest BCUT2D eigenvalue weighted by atomic mass is 9.94. The number of oxime groups is 1. The van der Waals surface area contributed by atoms with Crippen LogP contribution in [-0.4, -0.2) is 51.3 Å². The van der Waals surface area contributed by atoms with Crippen LogP contribution >= 0.6 is 0 Å². The number of alkyl halides is 2. The van der Waals surface area contributed by atoms with Crippen molar-refractivity contribution in [3.8, 4) is 11.4 Å². The van der Waals surface area contributed by atoms with Crippen LogP contribution in [0.15, 0.2) is 65.9 Å². The Hall–Kier alpha value is -3.99. The number of benzene rings is 2. The summed E-state index contributed by atoms with van der Waals surface area (Å²) in [4.78, 5) is 11.0. The van der Waals surface area contributed by atoms with Gasteiger partial charge in [0.2, 0.25) is 5.84 Å². The zero-order valence-electron chi connectivity index (χ0n) is 19.7. The molecule has 2 atom stereocenters. The van der Waals surface area contributed by atoms with Crippen LogP contribution in [0.25, 0.3) is 11.8 Å². The number of aryl methyl sites for hydroxylation is 1. The van der Waals surface area contributed by atoms with Gasteiger partial charge in [0.25, 0.3) is 5.72 Å². The number of morpholine rings is 1. The molecule has 0 bridgehead atoms. The monoisotopic (exact) mass is 500 g/mol. The number of hydrogen-bond acceptors (Lipinski definition) is 7. The van der Waals surface area contributed by atoms with Crippen molar-refractivity contribution in [3.05, 3.63) is 83.4 Å². The van der Waals surface area contributed by atoms with Crippen molar-refractivity contribution in [2.75, 3.05) is 13.7 Å². The Kier molecular flexibility index (Phi) is 5.67. The highest BCUT2D eigenvalue weighted by atomic mass is 19.3. The van der Waals surface area contributed by atoms with Crippen LogP contribution in [0.1, 0.15) is 23.7 Å². The number of aliphatic hydroxyl groups excluding tert-OH is 1. The van der Waals surface area contributed by atoms with Crippen molar-refractivity contribution in [1.29, 1.82) is 0 Å². The number of ether oxygens (including phenoxy) is 2. The number of fused-ring (bicyclic) bond motifs is 1. The number of rotatable bonds is 5. The maximum Gasteiger partial charge on any atom is 0.416 e. The maximum absolute atomic E-state index is 14.8. The van der Waals surface area contributed by atoms with Crippen LogP contribution in [0.5, 0.6) is 5.75 Å². The van der Waals surface area contributed by atoms with E-state index in [-0.39, 0.29) is 17.2 Å². The summed E-state index contributed by atoms with van der Waals surface area (Å²) in [6.45, 7) is 2.31. The van der Waals surface area contributed by atoms with Gasteiger partial charge in [-0.2, -0.15) is 8.78 Å². The molecule has 0 aliphatic carbocycles. The SMILES string of the molecule is COc1cc(C=C2OC(F)(F)CN3C2=NO[C@]3(c2ccc(F)cc2)C(C)O)ccc1-n1cnc(C)c1. The quantitative estimate of drug-likeness (QED) is 0.567. The summed E-state index contributed by atoms with van der Waals surface area (Å²) in [6, 6.07) is 10.2. The standard InChI is InChI=1S/C25H23F3N4O4/c1-15-12-31(14-29-15)20-9-4-17(10-21(20)34-3)11-22-23-30-36-25(16(2)33,18-5-7-19(26)8-6-18)32(23)13-24(27,28)35-22/h4-12,14,16,33H,13H2,1-3H3/t16?,25-/m0/s1. The number of methoxy groups -OCH3 is 1. The van der Waals surface area contributed by atoms with Crippen molar-refractivity contribution < 1.29 is 32.6 Å². The smallest absolute Gasteiger partial charge is 0.416 e. The van der Waals surface area contributed by atoms with Gasteiger partial charge < -0.3 is 24.0 Å². The summed E-state index contributed by atoms with van der Waals surface area (Å²) in [5.74, 6) is -0.325. The average molecular weight is 500 g/mol. The molecule has 0 amide bonds. The minimum atomic E-state index is -3.63. The van der Waals surface area contributed by atoms with Crippen molar-refractivity contribution in [2.45, 2.75) is 31.8 Å². The first-order chi connectivity index (χ1) is 17.1. The average Bonchev–Trinajstić information content (AvgIpc) is 3.43. The van der Waals surface area contributed by atoms with E-state index in [4.69, 9.17) is 14.3 Å². The number of halogens is 3. The van der Waals surface area contributed by atoms with Crippen molar-refractivity contribution in [1.82, 2.24) is 14.5 Å². The fourth-order valence-corrected chi connectivity index (χ4v) is 4.40. The lowest BCUT2D eigenvalue weighted by Gasteiger charge is -2.43. The predicted molar refractivity (Wildman–Crippen MR) is 124 cm³/mol. The Labute approximate surface area is 204 Å². The van der Waals surface area contributed by atoms with E-state index in [9.17, 15) is 18.3 Å². The summed E-state index contributed by atoms with van der Waals surface area (Å²) >= 11 is 0. The number of aromatic nitrogens is 2. The van der Waals surface area contributed by atoms with E-state index in [2.05, 4.69) is 10.1 Å². The third-order valence-corrected chi connectivity index (χ3v) is 6.07. The maximum atomic E-state index is 14.8. The van der Waals surface area contributed by atoms with Crippen LogP contribution < -0.4 is 4.74 Å². The van der Waals surface area contributed by atoms with Crippen LogP contribution in [0.3, 0.4) is 0 Å². The lowest BCUT2D eigenvalue weighted by Crippen LogP contribution is -2.59. The van der Waals surface area contributed by atoms with Crippen LogP contribution in [0.4, 0.5) is 13.2 Å². The number of amidine groups is 1. The van der Waals surface area contributed by atoms with Gasteiger partial charge in [-0.3, -0.25) is 4.90 Å². The molecule has 0 radical (unpaired) electrons. The van der Waals surface area contributed by atoms with E-state index in [1.54, 1.807) is 29.1 Å². The summed E-state index contributed by atoms with van der Waals surface area (Å²) in [5, 5.41) is 14.7. The van der Waals surface area contributed by atoms with Gasteiger partial charge in [-0.05, 0) is 61.9 Å². The van der Waals surface area contributed by atoms with Gasteiger partial charge in [0, 0.05) is 11.8 Å². The first kappa shape index (κ1) is 23.7. The molecular formula is C25H23F3N4O4. The molecule has 11 heteroatoms. The van der Waals surface area contributed by atoms with Crippen molar-refractivity contribution in [3.63, 3.8) is 0 Å². The third-order valence-electron chi connectivity index (χ3n) is 6.07. The highest BCUT2D eigenvalue weighted by Crippen LogP contribution is 2.45. The normalized spacial score (nSPS) is 22.5. The molecule has 2 aliphatic heterocycles. The Bertz CT molecular complexity index is 1350. The zero-order chi connectivity index (χ0) is 25.7. The molecule has 0 saturated carbocycles. The Balaban J connectivity index is 1.55. The summed E-state index contributed by atoms with van der Waals surface area (Å²) in [7, 11) is 1.50. The fourth-order valence-electron chi connectivity index (χ4n) is 4.40. The number of hydrogen-bond donors (Lipinski definition) is 1. The first-order valence-electron chi connectivity index (χ1n) is 11.1. The number of aliphatic hydroxyl groups is 1. The van der Waals surface area contributed by atoms with Gasteiger partial charge in [-0.25, -0.2) is 9.37 Å². The van der Waals surface area contributed by atoms with E-state index in [1.807, 2.05) is 13.1 Å². The zero-order valence-corrected chi connectivity index (χ0v) is 19.7. The minimum absolute atomic E-state index is 0.0283. The van der Waals surface area contributed by atoms with Crippen molar-refractivity contribution in [2.24, 2.45) is 5.16 Å². The topological polar surface area (TPSA) is 81.3 Å². The van der Waals surface area contributed by atoms with Gasteiger partial charge in [0.05, 0.1) is 24.8 Å².